The molecule has 8 nitrogen and oxygen atoms in total. The zero-order valence-corrected chi connectivity index (χ0v) is 16.8. The Kier molecular flexibility index (Phi) is 6.30. The second kappa shape index (κ2) is 8.88. The molecule has 1 aromatic carbocycles. The Morgan fingerprint density at radius 1 is 1.11 bits per heavy atom. The molecule has 0 atom stereocenters. The molecule has 2 heterocycles. The van der Waals surface area contributed by atoms with Crippen LogP contribution in [0.2, 0.25) is 0 Å². The molecule has 0 aliphatic carbocycles. The third-order valence-electron chi connectivity index (χ3n) is 4.44. The average Bonchev–Trinajstić information content (AvgIpc) is 3.32. The summed E-state index contributed by atoms with van der Waals surface area (Å²) in [6.07, 6.45) is 2.95. The van der Waals surface area contributed by atoms with Crippen LogP contribution in [0.25, 0.3) is 11.5 Å². The Morgan fingerprint density at radius 2 is 1.89 bits per heavy atom. The van der Waals surface area contributed by atoms with Gasteiger partial charge in [0.1, 0.15) is 5.69 Å². The molecule has 0 aliphatic heterocycles. The number of ether oxygens (including phenoxy) is 2. The van der Waals surface area contributed by atoms with Gasteiger partial charge in [0.2, 0.25) is 0 Å². The van der Waals surface area contributed by atoms with Gasteiger partial charge in [0.15, 0.2) is 23.1 Å². The molecular formula is C20H27N5O3. The monoisotopic (exact) mass is 385 g/mol. The van der Waals surface area contributed by atoms with Crippen molar-refractivity contribution >= 4 is 0 Å². The predicted octanol–water partition coefficient (Wildman–Crippen LogP) is 2.71. The van der Waals surface area contributed by atoms with Gasteiger partial charge in [0.05, 0.1) is 14.2 Å². The fourth-order valence-corrected chi connectivity index (χ4v) is 3.11. The van der Waals surface area contributed by atoms with Crippen molar-refractivity contribution in [1.29, 1.82) is 0 Å². The van der Waals surface area contributed by atoms with Crippen LogP contribution in [-0.4, -0.2) is 50.5 Å². The van der Waals surface area contributed by atoms with Crippen molar-refractivity contribution < 1.29 is 14.6 Å². The first-order valence-corrected chi connectivity index (χ1v) is 9.36. The molecule has 0 fully saturated rings. The van der Waals surface area contributed by atoms with Gasteiger partial charge in [-0.15, -0.1) is 0 Å². The highest BCUT2D eigenvalue weighted by molar-refractivity contribution is 5.50. The minimum atomic E-state index is 0.105. The van der Waals surface area contributed by atoms with Crippen LogP contribution in [0.15, 0.2) is 30.5 Å². The summed E-state index contributed by atoms with van der Waals surface area (Å²) in [5.41, 5.74) is 1.94. The summed E-state index contributed by atoms with van der Waals surface area (Å²) in [6.45, 7) is 4.85. The van der Waals surface area contributed by atoms with Crippen LogP contribution >= 0.6 is 0 Å². The van der Waals surface area contributed by atoms with E-state index in [4.69, 9.17) is 14.5 Å². The van der Waals surface area contributed by atoms with Crippen LogP contribution in [0, 0.1) is 0 Å². The van der Waals surface area contributed by atoms with Crippen LogP contribution in [-0.2, 0) is 13.0 Å². The summed E-state index contributed by atoms with van der Waals surface area (Å²) in [7, 11) is 3.24. The molecule has 0 spiro atoms. The number of aliphatic hydroxyl groups is 1. The Hall–Kier alpha value is -2.87. The summed E-state index contributed by atoms with van der Waals surface area (Å²) in [5, 5.41) is 18.3. The van der Waals surface area contributed by atoms with E-state index in [1.54, 1.807) is 20.4 Å². The van der Waals surface area contributed by atoms with Crippen LogP contribution in [0.4, 0.5) is 0 Å². The maximum atomic E-state index is 9.24. The highest BCUT2D eigenvalue weighted by Gasteiger charge is 2.18. The minimum absolute atomic E-state index is 0.105. The van der Waals surface area contributed by atoms with Crippen molar-refractivity contribution in [3.8, 4) is 23.0 Å². The first kappa shape index (κ1) is 19.9. The van der Waals surface area contributed by atoms with Gasteiger partial charge in [0.25, 0.3) is 0 Å². The number of hydrogen-bond donors (Lipinski definition) is 1. The highest BCUT2D eigenvalue weighted by atomic mass is 16.5. The van der Waals surface area contributed by atoms with E-state index in [1.165, 1.54) is 0 Å². The van der Waals surface area contributed by atoms with Crippen LogP contribution in [0.1, 0.15) is 37.7 Å². The van der Waals surface area contributed by atoms with E-state index in [0.29, 0.717) is 36.7 Å². The smallest absolute Gasteiger partial charge is 0.176 e. The molecule has 8 heteroatoms. The second-order valence-corrected chi connectivity index (χ2v) is 6.77. The molecule has 3 aromatic rings. The van der Waals surface area contributed by atoms with Gasteiger partial charge in [-0.3, -0.25) is 4.68 Å². The zero-order valence-electron chi connectivity index (χ0n) is 16.8. The topological polar surface area (TPSA) is 87.2 Å². The van der Waals surface area contributed by atoms with Gasteiger partial charge in [0, 0.05) is 31.8 Å². The number of aliphatic hydroxyl groups excluding tert-OH is 1. The average molecular weight is 385 g/mol. The minimum Gasteiger partial charge on any atom is -0.493 e. The van der Waals surface area contributed by atoms with E-state index in [1.807, 2.05) is 33.6 Å². The normalized spacial score (nSPS) is 11.2. The molecule has 2 aromatic heterocycles. The van der Waals surface area contributed by atoms with E-state index in [2.05, 4.69) is 24.0 Å². The summed E-state index contributed by atoms with van der Waals surface area (Å²) in [4.78, 5) is 4.78. The number of hydrogen-bond acceptors (Lipinski definition) is 6. The molecule has 0 aliphatic rings. The van der Waals surface area contributed by atoms with Crippen molar-refractivity contribution in [3.63, 3.8) is 0 Å². The van der Waals surface area contributed by atoms with Crippen molar-refractivity contribution in [1.82, 2.24) is 24.5 Å². The lowest BCUT2D eigenvalue weighted by Gasteiger charge is -2.11. The number of benzene rings is 1. The molecule has 0 saturated heterocycles. The molecule has 0 unspecified atom stereocenters. The van der Waals surface area contributed by atoms with Gasteiger partial charge < -0.3 is 14.6 Å². The molecule has 28 heavy (non-hydrogen) atoms. The molecule has 0 bridgehead atoms. The lowest BCUT2D eigenvalue weighted by Crippen LogP contribution is -2.10. The molecule has 3 rings (SSSR count). The molecular weight excluding hydrogens is 358 g/mol. The van der Waals surface area contributed by atoms with Crippen LogP contribution < -0.4 is 9.47 Å². The Balaban J connectivity index is 1.94. The largest absolute Gasteiger partial charge is 0.493 e. The first-order chi connectivity index (χ1) is 13.6. The third kappa shape index (κ3) is 4.17. The third-order valence-corrected chi connectivity index (χ3v) is 4.44. The number of aryl methyl sites for hydroxylation is 1. The van der Waals surface area contributed by atoms with Crippen molar-refractivity contribution in [2.75, 3.05) is 20.8 Å². The summed E-state index contributed by atoms with van der Waals surface area (Å²) < 4.78 is 14.5. The summed E-state index contributed by atoms with van der Waals surface area (Å²) in [6, 6.07) is 7.95. The molecule has 150 valence electrons. The Bertz CT molecular complexity index is 916. The summed E-state index contributed by atoms with van der Waals surface area (Å²) >= 11 is 0. The van der Waals surface area contributed by atoms with E-state index < -0.39 is 0 Å². The van der Waals surface area contributed by atoms with Gasteiger partial charge >= 0.3 is 0 Å². The summed E-state index contributed by atoms with van der Waals surface area (Å²) in [5.74, 6) is 2.83. The lowest BCUT2D eigenvalue weighted by molar-refractivity contribution is 0.277. The van der Waals surface area contributed by atoms with Gasteiger partial charge in [-0.05, 0) is 44.0 Å². The second-order valence-electron chi connectivity index (χ2n) is 6.77. The maximum absolute atomic E-state index is 9.24. The van der Waals surface area contributed by atoms with Crippen LogP contribution in [0.5, 0.6) is 11.5 Å². The lowest BCUT2D eigenvalue weighted by atomic mass is 10.1. The van der Waals surface area contributed by atoms with E-state index >= 15 is 0 Å². The number of aromatic nitrogens is 5. The molecule has 0 saturated carbocycles. The van der Waals surface area contributed by atoms with Crippen molar-refractivity contribution in [2.24, 2.45) is 0 Å². The van der Waals surface area contributed by atoms with Gasteiger partial charge in [-0.1, -0.05) is 6.07 Å². The van der Waals surface area contributed by atoms with Gasteiger partial charge in [-0.2, -0.15) is 10.2 Å². The molecule has 0 amide bonds. The van der Waals surface area contributed by atoms with E-state index in [9.17, 15) is 5.11 Å². The maximum Gasteiger partial charge on any atom is 0.176 e. The standard InChI is InChI=1S/C20H27N5O3/c1-14(2)25-16(8-9-21-25)20-22-19(23-24(20)10-5-11-26)13-15-6-7-17(27-3)18(12-15)28-4/h6-9,12,14,26H,5,10-11,13H2,1-4H3. The Labute approximate surface area is 164 Å². The molecule has 1 N–H and O–H groups in total. The fraction of sp³-hybridized carbons (Fsp3) is 0.450. The van der Waals surface area contributed by atoms with E-state index in [-0.39, 0.29) is 12.6 Å². The van der Waals surface area contributed by atoms with Gasteiger partial charge in [-0.25, -0.2) is 9.67 Å². The number of methoxy groups -OCH3 is 2. The van der Waals surface area contributed by atoms with Crippen molar-refractivity contribution in [2.45, 2.75) is 39.3 Å². The Morgan fingerprint density at radius 3 is 2.57 bits per heavy atom. The molecule has 0 radical (unpaired) electrons. The van der Waals surface area contributed by atoms with Crippen molar-refractivity contribution in [3.05, 3.63) is 41.9 Å². The highest BCUT2D eigenvalue weighted by Crippen LogP contribution is 2.28. The number of rotatable bonds is 9. The van der Waals surface area contributed by atoms with Crippen LogP contribution in [0.3, 0.4) is 0 Å². The van der Waals surface area contributed by atoms with E-state index in [0.717, 1.165) is 17.1 Å². The SMILES string of the molecule is COc1ccc(Cc2nc(-c3ccnn3C(C)C)n(CCCO)n2)cc1OC. The zero-order chi connectivity index (χ0) is 20.1. The predicted molar refractivity (Wildman–Crippen MR) is 106 cm³/mol. The number of nitrogens with zero attached hydrogens (tertiary/aromatic N) is 5. The first-order valence-electron chi connectivity index (χ1n) is 9.36. The fourth-order valence-electron chi connectivity index (χ4n) is 3.11. The quantitative estimate of drug-likeness (QED) is 0.609.